The largest absolute Gasteiger partial charge is 0.497 e. The lowest BCUT2D eigenvalue weighted by molar-refractivity contribution is -0.133. The van der Waals surface area contributed by atoms with Crippen molar-refractivity contribution in [3.63, 3.8) is 0 Å². The third kappa shape index (κ3) is 6.37. The summed E-state index contributed by atoms with van der Waals surface area (Å²) in [5.41, 5.74) is 2.81. The first-order chi connectivity index (χ1) is 23.1. The molecule has 6 rings (SSSR count). The SMILES string of the molecule is COc1ccc2c(c1)NC(=O)N(C1CCN(C(=O)CN3C=C(c4cccc(OC)c4Cl)C4(CC4)N([C@@H](C)CNC(C)=O)C3=O)CC1)CC2. The second kappa shape index (κ2) is 13.6. The number of anilines is 1. The van der Waals surface area contributed by atoms with Crippen molar-refractivity contribution in [3.05, 3.63) is 58.7 Å². The van der Waals surface area contributed by atoms with Gasteiger partial charge in [0.1, 0.15) is 18.0 Å². The highest BCUT2D eigenvalue weighted by Crippen LogP contribution is 2.56. The molecule has 2 aromatic rings. The molecule has 48 heavy (non-hydrogen) atoms. The molecule has 1 saturated heterocycles. The number of carbonyl (C=O) groups is 4. The Morgan fingerprint density at radius 3 is 2.50 bits per heavy atom. The topological polar surface area (TPSA) is 124 Å². The number of rotatable bonds is 9. The first kappa shape index (κ1) is 33.5. The summed E-state index contributed by atoms with van der Waals surface area (Å²) in [7, 11) is 3.16. The van der Waals surface area contributed by atoms with Gasteiger partial charge in [-0.3, -0.25) is 14.5 Å². The summed E-state index contributed by atoms with van der Waals surface area (Å²) in [6.07, 6.45) is 5.24. The molecule has 1 atom stereocenters. The number of halogens is 1. The molecule has 256 valence electrons. The van der Waals surface area contributed by atoms with Crippen molar-refractivity contribution in [2.24, 2.45) is 0 Å². The van der Waals surface area contributed by atoms with Crippen LogP contribution in [0, 0.1) is 0 Å². The van der Waals surface area contributed by atoms with Crippen LogP contribution in [-0.2, 0) is 16.0 Å². The van der Waals surface area contributed by atoms with Crippen molar-refractivity contribution in [2.75, 3.05) is 52.3 Å². The number of carbonyl (C=O) groups excluding carboxylic acids is 4. The summed E-state index contributed by atoms with van der Waals surface area (Å²) in [5, 5.41) is 6.31. The number of amides is 6. The second-order valence-electron chi connectivity index (χ2n) is 13.0. The molecule has 2 N–H and O–H groups in total. The van der Waals surface area contributed by atoms with Gasteiger partial charge in [0.05, 0.1) is 24.8 Å². The van der Waals surface area contributed by atoms with Gasteiger partial charge in [-0.15, -0.1) is 0 Å². The van der Waals surface area contributed by atoms with Gasteiger partial charge < -0.3 is 34.8 Å². The van der Waals surface area contributed by atoms with Crippen LogP contribution in [-0.4, -0.2) is 108 Å². The number of fused-ring (bicyclic) bond motifs is 1. The van der Waals surface area contributed by atoms with Crippen LogP contribution in [0.3, 0.4) is 0 Å². The van der Waals surface area contributed by atoms with E-state index in [2.05, 4.69) is 10.6 Å². The van der Waals surface area contributed by atoms with Gasteiger partial charge in [-0.2, -0.15) is 0 Å². The van der Waals surface area contributed by atoms with E-state index < -0.39 is 5.54 Å². The van der Waals surface area contributed by atoms with Crippen molar-refractivity contribution in [1.29, 1.82) is 0 Å². The molecule has 6 amide bonds. The van der Waals surface area contributed by atoms with Crippen molar-refractivity contribution in [2.45, 2.75) is 63.6 Å². The maximum atomic E-state index is 14.1. The Morgan fingerprint density at radius 1 is 1.08 bits per heavy atom. The first-order valence-electron chi connectivity index (χ1n) is 16.5. The fourth-order valence-corrected chi connectivity index (χ4v) is 7.59. The van der Waals surface area contributed by atoms with E-state index in [-0.39, 0.29) is 49.0 Å². The Labute approximate surface area is 285 Å². The van der Waals surface area contributed by atoms with E-state index in [1.54, 1.807) is 36.3 Å². The minimum absolute atomic E-state index is 0.0107. The zero-order valence-corrected chi connectivity index (χ0v) is 28.6. The highest BCUT2D eigenvalue weighted by atomic mass is 35.5. The van der Waals surface area contributed by atoms with E-state index >= 15 is 0 Å². The lowest BCUT2D eigenvalue weighted by Crippen LogP contribution is -2.59. The third-order valence-electron chi connectivity index (χ3n) is 9.99. The molecule has 2 aromatic carbocycles. The summed E-state index contributed by atoms with van der Waals surface area (Å²) < 4.78 is 10.8. The van der Waals surface area contributed by atoms with E-state index in [1.165, 1.54) is 11.8 Å². The van der Waals surface area contributed by atoms with Gasteiger partial charge in [0.2, 0.25) is 11.8 Å². The molecule has 0 radical (unpaired) electrons. The van der Waals surface area contributed by atoms with E-state index in [9.17, 15) is 19.2 Å². The summed E-state index contributed by atoms with van der Waals surface area (Å²) in [5.74, 6) is 0.858. The molecule has 3 heterocycles. The van der Waals surface area contributed by atoms with Crippen LogP contribution < -0.4 is 20.1 Å². The fourth-order valence-electron chi connectivity index (χ4n) is 7.28. The third-order valence-corrected chi connectivity index (χ3v) is 10.4. The minimum atomic E-state index is -0.596. The number of piperidine rings is 1. The van der Waals surface area contributed by atoms with Crippen LogP contribution in [0.2, 0.25) is 5.02 Å². The van der Waals surface area contributed by atoms with Crippen molar-refractivity contribution in [3.8, 4) is 11.5 Å². The zero-order chi connectivity index (χ0) is 34.2. The van der Waals surface area contributed by atoms with Gasteiger partial charge in [0.15, 0.2) is 0 Å². The van der Waals surface area contributed by atoms with Gasteiger partial charge in [-0.1, -0.05) is 29.8 Å². The Hall–Kier alpha value is -4.45. The Kier molecular flexibility index (Phi) is 9.46. The Bertz CT molecular complexity index is 1640. The monoisotopic (exact) mass is 678 g/mol. The van der Waals surface area contributed by atoms with Crippen LogP contribution in [0.4, 0.5) is 15.3 Å². The molecular weight excluding hydrogens is 636 g/mol. The van der Waals surface area contributed by atoms with Gasteiger partial charge in [-0.25, -0.2) is 9.59 Å². The number of ether oxygens (including phenoxy) is 2. The molecule has 3 aliphatic heterocycles. The number of urea groups is 2. The van der Waals surface area contributed by atoms with E-state index in [0.717, 1.165) is 41.6 Å². The van der Waals surface area contributed by atoms with Gasteiger partial charge in [0, 0.05) is 74.3 Å². The van der Waals surface area contributed by atoms with Crippen LogP contribution >= 0.6 is 11.6 Å². The molecule has 1 aliphatic carbocycles. The summed E-state index contributed by atoms with van der Waals surface area (Å²) in [6, 6.07) is 10.5. The molecule has 1 saturated carbocycles. The minimum Gasteiger partial charge on any atom is -0.497 e. The van der Waals surface area contributed by atoms with Gasteiger partial charge in [0.25, 0.3) is 0 Å². The van der Waals surface area contributed by atoms with Crippen LogP contribution in [0.5, 0.6) is 11.5 Å². The molecule has 0 unspecified atom stereocenters. The molecule has 12 nitrogen and oxygen atoms in total. The number of nitrogens with one attached hydrogen (secondary N) is 2. The lowest BCUT2D eigenvalue weighted by Gasteiger charge is -2.45. The lowest BCUT2D eigenvalue weighted by atomic mass is 9.92. The number of nitrogens with zero attached hydrogens (tertiary/aromatic N) is 4. The first-order valence-corrected chi connectivity index (χ1v) is 16.9. The maximum absolute atomic E-state index is 14.1. The molecular formula is C35H43ClN6O6. The van der Waals surface area contributed by atoms with Crippen molar-refractivity contribution in [1.82, 2.24) is 24.9 Å². The molecule has 0 bridgehead atoms. The standard InChI is InChI=1S/C35H43ClN6O6/c1-22(19-37-23(2)43)42-34(46)40(20-28(35(42)13-14-35)27-6-5-7-30(48-4)32(27)36)21-31(44)39-15-11-25(12-16-39)41-17-10-24-8-9-26(47-3)18-29(24)38-33(41)45/h5-9,18,20,22,25H,10-17,19,21H2,1-4H3,(H,37,43)(H,38,45)/t22-/m0/s1. The molecule has 13 heteroatoms. The highest BCUT2D eigenvalue weighted by molar-refractivity contribution is 6.34. The van der Waals surface area contributed by atoms with Crippen LogP contribution in [0.15, 0.2) is 42.6 Å². The predicted molar refractivity (Wildman–Crippen MR) is 182 cm³/mol. The van der Waals surface area contributed by atoms with Crippen LogP contribution in [0.1, 0.15) is 50.7 Å². The Morgan fingerprint density at radius 2 is 1.83 bits per heavy atom. The van der Waals surface area contributed by atoms with Crippen LogP contribution in [0.25, 0.3) is 5.57 Å². The Balaban J connectivity index is 1.17. The summed E-state index contributed by atoms with van der Waals surface area (Å²) in [6.45, 7) is 5.02. The summed E-state index contributed by atoms with van der Waals surface area (Å²) in [4.78, 5) is 59.8. The molecule has 1 spiro atoms. The normalized spacial score (nSPS) is 19.6. The summed E-state index contributed by atoms with van der Waals surface area (Å²) >= 11 is 6.82. The number of methoxy groups -OCH3 is 2. The zero-order valence-electron chi connectivity index (χ0n) is 27.9. The fraction of sp³-hybridized carbons (Fsp3) is 0.486. The molecule has 2 fully saturated rings. The number of benzene rings is 2. The van der Waals surface area contributed by atoms with E-state index in [0.29, 0.717) is 49.0 Å². The molecule has 0 aromatic heterocycles. The molecule has 4 aliphatic rings. The average molecular weight is 679 g/mol. The smallest absolute Gasteiger partial charge is 0.325 e. The van der Waals surface area contributed by atoms with Gasteiger partial charge in [-0.05, 0) is 56.7 Å². The maximum Gasteiger partial charge on any atom is 0.325 e. The van der Waals surface area contributed by atoms with Crippen molar-refractivity contribution >= 4 is 46.7 Å². The number of hydrogen-bond donors (Lipinski definition) is 2. The predicted octanol–water partition coefficient (Wildman–Crippen LogP) is 4.57. The quantitative estimate of drug-likeness (QED) is 0.401. The van der Waals surface area contributed by atoms with E-state index in [4.69, 9.17) is 21.1 Å². The number of likely N-dealkylation sites (tertiary alicyclic amines) is 1. The van der Waals surface area contributed by atoms with Crippen molar-refractivity contribution < 1.29 is 28.7 Å². The second-order valence-corrected chi connectivity index (χ2v) is 13.3. The number of hydrogen-bond acceptors (Lipinski definition) is 6. The van der Waals surface area contributed by atoms with E-state index in [1.807, 2.05) is 42.2 Å². The highest BCUT2D eigenvalue weighted by Gasteiger charge is 2.58. The van der Waals surface area contributed by atoms with Gasteiger partial charge >= 0.3 is 12.1 Å². The average Bonchev–Trinajstić information content (AvgIpc) is 3.88.